The molecular weight excluding hydrogens is 270 g/mol. The molecule has 0 fully saturated rings. The molecule has 6 nitrogen and oxygen atoms in total. The van der Waals surface area contributed by atoms with E-state index in [1.54, 1.807) is 18.5 Å². The highest BCUT2D eigenvalue weighted by atomic mass is 19.1. The fourth-order valence-electron chi connectivity index (χ4n) is 1.80. The Hall–Kier alpha value is -2.51. The summed E-state index contributed by atoms with van der Waals surface area (Å²) in [6, 6.07) is 1.02. The van der Waals surface area contributed by atoms with Gasteiger partial charge in [-0.3, -0.25) is 0 Å². The fraction of sp³-hybridized carbons (Fsp3) is 0.250. The largest absolute Gasteiger partial charge is 0.478 e. The summed E-state index contributed by atoms with van der Waals surface area (Å²) >= 11 is 0. The van der Waals surface area contributed by atoms with Crippen LogP contribution in [0, 0.1) is 11.6 Å². The molecule has 0 spiro atoms. The monoisotopic (exact) mass is 282 g/mol. The first kappa shape index (κ1) is 13.9. The molecule has 0 saturated heterocycles. The summed E-state index contributed by atoms with van der Waals surface area (Å²) in [6.07, 6.45) is 1.47. The van der Waals surface area contributed by atoms with E-state index in [2.05, 4.69) is 15.5 Å². The van der Waals surface area contributed by atoms with Crippen molar-refractivity contribution in [3.05, 3.63) is 41.5 Å². The molecular formula is C12H12F2N4O2. The fourth-order valence-corrected chi connectivity index (χ4v) is 1.80. The van der Waals surface area contributed by atoms with Crippen LogP contribution >= 0.6 is 0 Å². The number of rotatable bonds is 4. The van der Waals surface area contributed by atoms with Crippen LogP contribution < -0.4 is 5.32 Å². The first-order valence-electron chi connectivity index (χ1n) is 5.73. The molecule has 2 aromatic rings. The number of benzene rings is 1. The minimum Gasteiger partial charge on any atom is -0.478 e. The molecule has 20 heavy (non-hydrogen) atoms. The van der Waals surface area contributed by atoms with Gasteiger partial charge in [0.1, 0.15) is 23.6 Å². The molecule has 2 N–H and O–H groups in total. The molecule has 0 amide bonds. The zero-order valence-corrected chi connectivity index (χ0v) is 10.8. The van der Waals surface area contributed by atoms with Crippen molar-refractivity contribution in [2.45, 2.75) is 13.0 Å². The van der Waals surface area contributed by atoms with Gasteiger partial charge in [-0.25, -0.2) is 13.6 Å². The van der Waals surface area contributed by atoms with Crippen molar-refractivity contribution < 1.29 is 18.7 Å². The molecule has 1 aromatic heterocycles. The Bertz CT molecular complexity index is 634. The number of nitrogens with one attached hydrogen (secondary N) is 1. The minimum absolute atomic E-state index is 0.398. The first-order chi connectivity index (χ1) is 9.40. The topological polar surface area (TPSA) is 80.0 Å². The molecule has 1 aromatic carbocycles. The quantitative estimate of drug-likeness (QED) is 0.896. The summed E-state index contributed by atoms with van der Waals surface area (Å²) in [5.41, 5.74) is -0.845. The number of hydrogen-bond acceptors (Lipinski definition) is 4. The highest BCUT2D eigenvalue weighted by Crippen LogP contribution is 2.25. The van der Waals surface area contributed by atoms with E-state index in [-0.39, 0.29) is 0 Å². The lowest BCUT2D eigenvalue weighted by Gasteiger charge is -2.15. The van der Waals surface area contributed by atoms with Gasteiger partial charge in [-0.05, 0) is 19.1 Å². The van der Waals surface area contributed by atoms with Gasteiger partial charge in [-0.1, -0.05) is 0 Å². The normalized spacial score (nSPS) is 12.2. The molecule has 0 aliphatic carbocycles. The number of nitrogens with zero attached hydrogens (tertiary/aromatic N) is 3. The number of aromatic carboxylic acids is 1. The van der Waals surface area contributed by atoms with Crippen molar-refractivity contribution in [3.63, 3.8) is 0 Å². The average Bonchev–Trinajstić information content (AvgIpc) is 2.79. The molecule has 0 bridgehead atoms. The van der Waals surface area contributed by atoms with Crippen molar-refractivity contribution in [1.82, 2.24) is 14.8 Å². The third-order valence-electron chi connectivity index (χ3n) is 2.78. The van der Waals surface area contributed by atoms with Gasteiger partial charge in [0.2, 0.25) is 0 Å². The number of halogens is 2. The number of carbonyl (C=O) groups is 1. The van der Waals surface area contributed by atoms with Gasteiger partial charge in [0.05, 0.1) is 11.6 Å². The number of anilines is 1. The molecule has 0 aliphatic heterocycles. The summed E-state index contributed by atoms with van der Waals surface area (Å²) in [7, 11) is 1.70. The van der Waals surface area contributed by atoms with Gasteiger partial charge in [0.15, 0.2) is 5.82 Å². The van der Waals surface area contributed by atoms with E-state index >= 15 is 0 Å². The zero-order chi connectivity index (χ0) is 14.9. The van der Waals surface area contributed by atoms with Crippen molar-refractivity contribution in [3.8, 4) is 0 Å². The van der Waals surface area contributed by atoms with Crippen molar-refractivity contribution in [2.75, 3.05) is 5.32 Å². The number of carboxylic acids is 1. The molecule has 2 rings (SSSR count). The molecule has 0 saturated carbocycles. The summed E-state index contributed by atoms with van der Waals surface area (Å²) in [4.78, 5) is 10.7. The summed E-state index contributed by atoms with van der Waals surface area (Å²) < 4.78 is 29.1. The Balaban J connectivity index is 2.30. The predicted molar refractivity (Wildman–Crippen MR) is 66.4 cm³/mol. The Morgan fingerprint density at radius 1 is 1.40 bits per heavy atom. The third-order valence-corrected chi connectivity index (χ3v) is 2.78. The van der Waals surface area contributed by atoms with Gasteiger partial charge >= 0.3 is 5.97 Å². The molecule has 1 heterocycles. The van der Waals surface area contributed by atoms with Gasteiger partial charge in [0, 0.05) is 7.05 Å². The lowest BCUT2D eigenvalue weighted by molar-refractivity contribution is 0.0696. The van der Waals surface area contributed by atoms with Crippen LogP contribution in [0.5, 0.6) is 0 Å². The number of carboxylic acid groups (broad SMARTS) is 1. The second-order valence-corrected chi connectivity index (χ2v) is 4.29. The smallest absolute Gasteiger partial charge is 0.335 e. The highest BCUT2D eigenvalue weighted by Gasteiger charge is 2.18. The van der Waals surface area contributed by atoms with Crippen LogP contribution in [0.25, 0.3) is 0 Å². The lowest BCUT2D eigenvalue weighted by atomic mass is 10.1. The zero-order valence-electron chi connectivity index (χ0n) is 10.8. The Morgan fingerprint density at radius 2 is 2.00 bits per heavy atom. The summed E-state index contributed by atoms with van der Waals surface area (Å²) in [5.74, 6) is -2.85. The van der Waals surface area contributed by atoms with Crippen LogP contribution in [0.2, 0.25) is 0 Å². The van der Waals surface area contributed by atoms with Gasteiger partial charge in [-0.15, -0.1) is 10.2 Å². The van der Waals surface area contributed by atoms with E-state index in [9.17, 15) is 13.6 Å². The van der Waals surface area contributed by atoms with E-state index in [4.69, 9.17) is 5.11 Å². The molecule has 106 valence electrons. The maximum Gasteiger partial charge on any atom is 0.335 e. The molecule has 1 atom stereocenters. The van der Waals surface area contributed by atoms with Gasteiger partial charge in [0.25, 0.3) is 0 Å². The second-order valence-electron chi connectivity index (χ2n) is 4.29. The number of aromatic nitrogens is 3. The number of aryl methyl sites for hydroxylation is 1. The minimum atomic E-state index is -1.39. The van der Waals surface area contributed by atoms with Crippen LogP contribution in [0.15, 0.2) is 18.5 Å². The van der Waals surface area contributed by atoms with E-state index in [0.717, 1.165) is 12.1 Å². The Kier molecular flexibility index (Phi) is 3.64. The van der Waals surface area contributed by atoms with Crippen LogP contribution in [-0.4, -0.2) is 25.8 Å². The maximum atomic E-state index is 13.8. The predicted octanol–water partition coefficient (Wildman–Crippen LogP) is 1.96. The lowest BCUT2D eigenvalue weighted by Crippen LogP contribution is -2.14. The van der Waals surface area contributed by atoms with Gasteiger partial charge < -0.3 is 15.0 Å². The van der Waals surface area contributed by atoms with E-state index in [1.165, 1.54) is 6.33 Å². The molecule has 0 radical (unpaired) electrons. The highest BCUT2D eigenvalue weighted by molar-refractivity contribution is 5.88. The summed E-state index contributed by atoms with van der Waals surface area (Å²) in [6.45, 7) is 1.66. The SMILES string of the molecule is CC(Nc1c(F)cc(C(=O)O)cc1F)c1nncn1C. The average molecular weight is 282 g/mol. The van der Waals surface area contributed by atoms with Crippen LogP contribution in [-0.2, 0) is 7.05 Å². The van der Waals surface area contributed by atoms with Crippen molar-refractivity contribution >= 4 is 11.7 Å². The Morgan fingerprint density at radius 3 is 2.45 bits per heavy atom. The maximum absolute atomic E-state index is 13.8. The summed E-state index contributed by atoms with van der Waals surface area (Å²) in [5, 5.41) is 18.8. The van der Waals surface area contributed by atoms with Gasteiger partial charge in [-0.2, -0.15) is 0 Å². The molecule has 1 unspecified atom stereocenters. The van der Waals surface area contributed by atoms with E-state index in [0.29, 0.717) is 5.82 Å². The first-order valence-corrected chi connectivity index (χ1v) is 5.73. The van der Waals surface area contributed by atoms with Crippen LogP contribution in [0.1, 0.15) is 29.1 Å². The molecule has 8 heteroatoms. The number of hydrogen-bond donors (Lipinski definition) is 2. The standard InChI is InChI=1S/C12H12F2N4O2/c1-6(11-17-15-5-18(11)2)16-10-8(13)3-7(12(19)20)4-9(10)14/h3-6,16H,1-2H3,(H,19,20). The van der Waals surface area contributed by atoms with Crippen molar-refractivity contribution in [2.24, 2.45) is 7.05 Å². The van der Waals surface area contributed by atoms with E-state index in [1.807, 2.05) is 0 Å². The second kappa shape index (κ2) is 5.24. The third kappa shape index (κ3) is 2.58. The van der Waals surface area contributed by atoms with Crippen LogP contribution in [0.4, 0.5) is 14.5 Å². The van der Waals surface area contributed by atoms with E-state index < -0.39 is 34.9 Å². The van der Waals surface area contributed by atoms with Crippen molar-refractivity contribution in [1.29, 1.82) is 0 Å². The molecule has 0 aliphatic rings. The Labute approximate surface area is 113 Å². The van der Waals surface area contributed by atoms with Crippen LogP contribution in [0.3, 0.4) is 0 Å².